The maximum absolute atomic E-state index is 13.4. The van der Waals surface area contributed by atoms with Gasteiger partial charge in [0.25, 0.3) is 10.3 Å². The molecule has 0 saturated heterocycles. The lowest BCUT2D eigenvalue weighted by Crippen LogP contribution is -2.63. The molecule has 0 rings (SSSR count). The summed E-state index contributed by atoms with van der Waals surface area (Å²) in [6.07, 6.45) is 0. The molecule has 0 N–H and O–H groups in total. The van der Waals surface area contributed by atoms with Gasteiger partial charge in [0.05, 0.1) is 0 Å². The summed E-state index contributed by atoms with van der Waals surface area (Å²) >= 11 is 26.1. The third-order valence-electron chi connectivity index (χ3n) is 1.50. The number of alkyl halides is 12. The minimum atomic E-state index is -5.24. The Balaban J connectivity index is 5.73. The first-order chi connectivity index (χ1) is 7.00. The smallest absolute Gasteiger partial charge is 0.215 e. The van der Waals surface area contributed by atoms with Gasteiger partial charge in [-0.25, -0.2) is 17.6 Å². The Kier molecular flexibility index (Phi) is 5.07. The first-order valence-electron chi connectivity index (χ1n) is 3.27. The Morgan fingerprint density at radius 1 is 0.471 bits per heavy atom. The summed E-state index contributed by atoms with van der Waals surface area (Å²) in [5.41, 5.74) is 0. The lowest BCUT2D eigenvalue weighted by Gasteiger charge is -2.40. The van der Waals surface area contributed by atoms with E-state index in [2.05, 4.69) is 69.6 Å². The summed E-state index contributed by atoms with van der Waals surface area (Å²) < 4.78 is 73.1. The third kappa shape index (κ3) is 2.92. The average molecular weight is 387 g/mol. The van der Waals surface area contributed by atoms with Crippen LogP contribution >= 0.6 is 69.6 Å². The summed E-state index contributed by atoms with van der Waals surface area (Å²) in [6, 6.07) is 0. The fourth-order valence-corrected chi connectivity index (χ4v) is 1.65. The maximum atomic E-state index is 13.4. The van der Waals surface area contributed by atoms with Gasteiger partial charge < -0.3 is 0 Å². The summed E-state index contributed by atoms with van der Waals surface area (Å²) in [5, 5.41) is -20.3. The topological polar surface area (TPSA) is 0 Å². The number of hydrogen-bond donors (Lipinski definition) is 0. The first-order valence-corrected chi connectivity index (χ1v) is 5.54. The van der Waals surface area contributed by atoms with Crippen LogP contribution in [0.15, 0.2) is 0 Å². The van der Waals surface area contributed by atoms with Crippen LogP contribution in [0.3, 0.4) is 0 Å². The molecule has 3 atom stereocenters. The predicted molar refractivity (Wildman–Crippen MR) is 55.4 cm³/mol. The second kappa shape index (κ2) is 4.70. The Labute approximate surface area is 121 Å². The van der Waals surface area contributed by atoms with Crippen molar-refractivity contribution in [3.8, 4) is 0 Å². The van der Waals surface area contributed by atoms with Gasteiger partial charge in [0, 0.05) is 0 Å². The van der Waals surface area contributed by atoms with Gasteiger partial charge in [-0.1, -0.05) is 58.0 Å². The van der Waals surface area contributed by atoms with Gasteiger partial charge in [0.2, 0.25) is 0 Å². The summed E-state index contributed by atoms with van der Waals surface area (Å²) in [7, 11) is 0. The first kappa shape index (κ1) is 18.3. The van der Waals surface area contributed by atoms with E-state index in [1.54, 1.807) is 0 Å². The van der Waals surface area contributed by atoms with E-state index in [-0.39, 0.29) is 0 Å². The second-order valence-corrected chi connectivity index (χ2v) is 5.99. The fraction of sp³-hybridized carbons (Fsp3) is 1.00. The molecule has 0 saturated carbocycles. The highest BCUT2D eigenvalue weighted by atomic mass is 35.5. The van der Waals surface area contributed by atoms with Crippen molar-refractivity contribution in [2.24, 2.45) is 0 Å². The van der Waals surface area contributed by atoms with Gasteiger partial charge in [-0.05, 0) is 11.6 Å². The minimum absolute atomic E-state index is 4.07. The standard InChI is InChI=1S/C5Cl6F6/c6-1(12,2(7,13)4(9,10)15)3(8,14)5(11,16)17. The molecule has 0 aromatic carbocycles. The summed E-state index contributed by atoms with van der Waals surface area (Å²) in [4.78, 5) is 0. The molecule has 17 heavy (non-hydrogen) atoms. The molecule has 0 amide bonds. The SMILES string of the molecule is FC(F)(Cl)C(F)(Cl)C(F)(Cl)C(F)(Cl)C(F)(Cl)Cl. The van der Waals surface area contributed by atoms with E-state index in [1.165, 1.54) is 0 Å². The maximum Gasteiger partial charge on any atom is 0.373 e. The quantitative estimate of drug-likeness (QED) is 0.434. The molecule has 0 bridgehead atoms. The number of rotatable bonds is 4. The molecule has 0 nitrogen and oxygen atoms in total. The van der Waals surface area contributed by atoms with Crippen molar-refractivity contribution < 1.29 is 26.3 Å². The van der Waals surface area contributed by atoms with Crippen molar-refractivity contribution >= 4 is 69.6 Å². The monoisotopic (exact) mass is 384 g/mol. The molecule has 0 spiro atoms. The van der Waals surface area contributed by atoms with Crippen LogP contribution in [0.4, 0.5) is 26.3 Å². The van der Waals surface area contributed by atoms with E-state index in [9.17, 15) is 26.3 Å². The highest BCUT2D eigenvalue weighted by Gasteiger charge is 2.80. The van der Waals surface area contributed by atoms with Crippen LogP contribution in [0.1, 0.15) is 0 Å². The van der Waals surface area contributed by atoms with Crippen LogP contribution in [0.2, 0.25) is 0 Å². The largest absolute Gasteiger partial charge is 0.373 e. The number of halogens is 12. The number of hydrogen-bond acceptors (Lipinski definition) is 0. The van der Waals surface area contributed by atoms with E-state index >= 15 is 0 Å². The Morgan fingerprint density at radius 2 is 0.765 bits per heavy atom. The lowest BCUT2D eigenvalue weighted by atomic mass is 10.1. The van der Waals surface area contributed by atoms with Gasteiger partial charge in [0.15, 0.2) is 0 Å². The van der Waals surface area contributed by atoms with Crippen molar-refractivity contribution in [3.63, 3.8) is 0 Å². The summed E-state index contributed by atoms with van der Waals surface area (Å²) in [5.74, 6) is 0. The molecule has 0 fully saturated rings. The third-order valence-corrected chi connectivity index (χ3v) is 4.31. The van der Waals surface area contributed by atoms with Crippen molar-refractivity contribution in [2.45, 2.75) is 25.4 Å². The molecule has 0 radical (unpaired) electrons. The van der Waals surface area contributed by atoms with E-state index < -0.39 is 25.4 Å². The zero-order valence-electron chi connectivity index (χ0n) is 7.04. The van der Waals surface area contributed by atoms with Crippen molar-refractivity contribution in [3.05, 3.63) is 0 Å². The zero-order valence-corrected chi connectivity index (χ0v) is 11.6. The highest BCUT2D eigenvalue weighted by molar-refractivity contribution is 6.54. The molecule has 0 aliphatic heterocycles. The zero-order chi connectivity index (χ0) is 14.5. The van der Waals surface area contributed by atoms with Gasteiger partial charge in [-0.15, -0.1) is 0 Å². The Morgan fingerprint density at radius 3 is 0.941 bits per heavy atom. The fourth-order valence-electron chi connectivity index (χ4n) is 0.553. The van der Waals surface area contributed by atoms with Crippen LogP contribution in [-0.2, 0) is 0 Å². The van der Waals surface area contributed by atoms with E-state index in [0.29, 0.717) is 0 Å². The van der Waals surface area contributed by atoms with Crippen LogP contribution in [-0.4, -0.2) is 25.4 Å². The molecule has 0 heterocycles. The molecule has 0 aliphatic carbocycles. The molecule has 0 aromatic rings. The lowest BCUT2D eigenvalue weighted by molar-refractivity contribution is -0.118. The van der Waals surface area contributed by atoms with Crippen molar-refractivity contribution in [2.75, 3.05) is 0 Å². The van der Waals surface area contributed by atoms with Crippen LogP contribution in [0.25, 0.3) is 0 Å². The molecular weight excluding hydrogens is 387 g/mol. The van der Waals surface area contributed by atoms with Crippen molar-refractivity contribution in [1.82, 2.24) is 0 Å². The summed E-state index contributed by atoms with van der Waals surface area (Å²) in [6.45, 7) is 0. The Hall–Kier alpha value is 1.32. The van der Waals surface area contributed by atoms with Gasteiger partial charge in [0.1, 0.15) is 0 Å². The van der Waals surface area contributed by atoms with Crippen LogP contribution in [0.5, 0.6) is 0 Å². The normalized spacial score (nSPS) is 24.7. The molecule has 12 heteroatoms. The van der Waals surface area contributed by atoms with Gasteiger partial charge in [-0.3, -0.25) is 0 Å². The van der Waals surface area contributed by atoms with Crippen LogP contribution in [0, 0.1) is 0 Å². The van der Waals surface area contributed by atoms with Crippen molar-refractivity contribution in [1.29, 1.82) is 0 Å². The van der Waals surface area contributed by atoms with Gasteiger partial charge >= 0.3 is 15.1 Å². The van der Waals surface area contributed by atoms with Gasteiger partial charge in [-0.2, -0.15) is 8.78 Å². The molecular formula is C5Cl6F6. The Bertz CT molecular complexity index is 262. The average Bonchev–Trinajstić information content (AvgIpc) is 1.98. The van der Waals surface area contributed by atoms with E-state index in [0.717, 1.165) is 0 Å². The van der Waals surface area contributed by atoms with E-state index in [4.69, 9.17) is 0 Å². The molecule has 0 aliphatic rings. The minimum Gasteiger partial charge on any atom is -0.215 e. The highest BCUT2D eigenvalue weighted by Crippen LogP contribution is 2.62. The van der Waals surface area contributed by atoms with Crippen LogP contribution < -0.4 is 0 Å². The molecule has 104 valence electrons. The molecule has 3 unspecified atom stereocenters. The molecule has 0 aromatic heterocycles. The predicted octanol–water partition coefficient (Wildman–Crippen LogP) is 5.63. The second-order valence-electron chi connectivity index (χ2n) is 2.72. The van der Waals surface area contributed by atoms with E-state index in [1.807, 2.05) is 0 Å².